The number of nitrogens with zero attached hydrogens (tertiary/aromatic N) is 1. The highest BCUT2D eigenvalue weighted by molar-refractivity contribution is 5.25. The van der Waals surface area contributed by atoms with E-state index in [0.717, 1.165) is 13.1 Å². The maximum absolute atomic E-state index is 3.80. The summed E-state index contributed by atoms with van der Waals surface area (Å²) in [5, 5.41) is 3.80. The lowest BCUT2D eigenvalue weighted by molar-refractivity contribution is -0.000410. The molecule has 0 saturated carbocycles. The van der Waals surface area contributed by atoms with Crippen LogP contribution in [0.5, 0.6) is 0 Å². The van der Waals surface area contributed by atoms with E-state index in [0.29, 0.717) is 6.04 Å². The van der Waals surface area contributed by atoms with E-state index in [1.807, 2.05) is 0 Å². The first-order valence-corrected chi connectivity index (χ1v) is 8.00. The fourth-order valence-electron chi connectivity index (χ4n) is 3.25. The second-order valence-electron chi connectivity index (χ2n) is 6.93. The van der Waals surface area contributed by atoms with Crippen LogP contribution in [0, 0.1) is 0 Å². The van der Waals surface area contributed by atoms with Gasteiger partial charge in [-0.2, -0.15) is 0 Å². The normalized spacial score (nSPS) is 28.6. The molecule has 2 rings (SSSR count). The average molecular weight is 274 g/mol. The third kappa shape index (κ3) is 2.91. The van der Waals surface area contributed by atoms with Gasteiger partial charge in [-0.1, -0.05) is 44.2 Å². The zero-order chi connectivity index (χ0) is 14.8. The van der Waals surface area contributed by atoms with E-state index in [1.54, 1.807) is 0 Å². The van der Waals surface area contributed by atoms with E-state index >= 15 is 0 Å². The number of hydrogen-bond donors (Lipinski definition) is 1. The van der Waals surface area contributed by atoms with Gasteiger partial charge in [-0.3, -0.25) is 4.90 Å². The number of piperazine rings is 1. The molecule has 1 aliphatic heterocycles. The smallest absolute Gasteiger partial charge is 0.0535 e. The summed E-state index contributed by atoms with van der Waals surface area (Å²) in [5.41, 5.74) is 1.71. The van der Waals surface area contributed by atoms with Crippen molar-refractivity contribution in [1.29, 1.82) is 0 Å². The largest absolute Gasteiger partial charge is 0.305 e. The van der Waals surface area contributed by atoms with Gasteiger partial charge in [0.15, 0.2) is 0 Å². The molecule has 0 bridgehead atoms. The van der Waals surface area contributed by atoms with Gasteiger partial charge in [0.1, 0.15) is 0 Å². The summed E-state index contributed by atoms with van der Waals surface area (Å²) < 4.78 is 0. The molecule has 20 heavy (non-hydrogen) atoms. The van der Waals surface area contributed by atoms with E-state index in [-0.39, 0.29) is 11.1 Å². The molecule has 1 N–H and O–H groups in total. The van der Waals surface area contributed by atoms with Crippen molar-refractivity contribution in [2.45, 2.75) is 64.6 Å². The Morgan fingerprint density at radius 3 is 2.45 bits per heavy atom. The standard InChI is InChI=1S/C18H30N2/c1-6-16-13-19-18(5,15-11-9-8-10-12-15)14-20(16)17(3,4)7-2/h8-12,16,19H,6-7,13-14H2,1-5H3. The molecule has 0 radical (unpaired) electrons. The van der Waals surface area contributed by atoms with Crippen LogP contribution < -0.4 is 5.32 Å². The van der Waals surface area contributed by atoms with Gasteiger partial charge in [0.25, 0.3) is 0 Å². The van der Waals surface area contributed by atoms with Gasteiger partial charge in [0, 0.05) is 24.7 Å². The molecule has 112 valence electrons. The Morgan fingerprint density at radius 2 is 1.90 bits per heavy atom. The topological polar surface area (TPSA) is 15.3 Å². The molecule has 1 saturated heterocycles. The van der Waals surface area contributed by atoms with Crippen molar-refractivity contribution >= 4 is 0 Å². The van der Waals surface area contributed by atoms with Gasteiger partial charge in [-0.05, 0) is 39.2 Å². The third-order valence-electron chi connectivity index (χ3n) is 5.18. The van der Waals surface area contributed by atoms with Crippen molar-refractivity contribution in [1.82, 2.24) is 10.2 Å². The van der Waals surface area contributed by atoms with E-state index in [2.05, 4.69) is 75.2 Å². The summed E-state index contributed by atoms with van der Waals surface area (Å²) >= 11 is 0. The Labute approximate surface area is 124 Å². The highest BCUT2D eigenvalue weighted by Crippen LogP contribution is 2.33. The Bertz CT molecular complexity index is 426. The first kappa shape index (κ1) is 15.5. The molecule has 2 unspecified atom stereocenters. The maximum Gasteiger partial charge on any atom is 0.0535 e. The summed E-state index contributed by atoms with van der Waals surface area (Å²) in [7, 11) is 0. The Kier molecular flexibility index (Phi) is 4.55. The van der Waals surface area contributed by atoms with Crippen LogP contribution >= 0.6 is 0 Å². The minimum Gasteiger partial charge on any atom is -0.305 e. The predicted octanol–water partition coefficient (Wildman–Crippen LogP) is 3.77. The molecule has 0 amide bonds. The first-order valence-electron chi connectivity index (χ1n) is 8.00. The zero-order valence-corrected chi connectivity index (χ0v) is 13.7. The number of hydrogen-bond acceptors (Lipinski definition) is 2. The number of benzene rings is 1. The Morgan fingerprint density at radius 1 is 1.25 bits per heavy atom. The van der Waals surface area contributed by atoms with Crippen molar-refractivity contribution in [2.75, 3.05) is 13.1 Å². The molecule has 0 aromatic heterocycles. The van der Waals surface area contributed by atoms with Crippen molar-refractivity contribution in [3.8, 4) is 0 Å². The minimum absolute atomic E-state index is 0.0549. The fraction of sp³-hybridized carbons (Fsp3) is 0.667. The zero-order valence-electron chi connectivity index (χ0n) is 13.7. The van der Waals surface area contributed by atoms with Gasteiger partial charge in [-0.15, -0.1) is 0 Å². The lowest BCUT2D eigenvalue weighted by Gasteiger charge is -2.52. The second kappa shape index (κ2) is 5.87. The molecule has 0 spiro atoms. The van der Waals surface area contributed by atoms with Crippen LogP contribution in [0.4, 0.5) is 0 Å². The van der Waals surface area contributed by atoms with E-state index in [4.69, 9.17) is 0 Å². The molecule has 2 nitrogen and oxygen atoms in total. The SMILES string of the molecule is CCC1CNC(C)(c2ccccc2)CN1C(C)(C)CC. The van der Waals surface area contributed by atoms with Crippen molar-refractivity contribution in [3.05, 3.63) is 35.9 Å². The first-order chi connectivity index (χ1) is 9.43. The van der Waals surface area contributed by atoms with Crippen LogP contribution in [0.3, 0.4) is 0 Å². The summed E-state index contributed by atoms with van der Waals surface area (Å²) in [5.74, 6) is 0. The quantitative estimate of drug-likeness (QED) is 0.899. The molecule has 1 aliphatic rings. The van der Waals surface area contributed by atoms with E-state index in [1.165, 1.54) is 18.4 Å². The highest BCUT2D eigenvalue weighted by atomic mass is 15.3. The summed E-state index contributed by atoms with van der Waals surface area (Å²) in [6.45, 7) is 13.9. The monoisotopic (exact) mass is 274 g/mol. The van der Waals surface area contributed by atoms with Crippen molar-refractivity contribution in [3.63, 3.8) is 0 Å². The van der Waals surface area contributed by atoms with Gasteiger partial charge < -0.3 is 5.32 Å². The molecule has 0 aliphatic carbocycles. The fourth-order valence-corrected chi connectivity index (χ4v) is 3.25. The van der Waals surface area contributed by atoms with E-state index < -0.39 is 0 Å². The average Bonchev–Trinajstić information content (AvgIpc) is 2.48. The van der Waals surface area contributed by atoms with Crippen LogP contribution in [0.1, 0.15) is 53.0 Å². The lowest BCUT2D eigenvalue weighted by atomic mass is 9.84. The Hall–Kier alpha value is -0.860. The molecule has 1 aromatic rings. The molecule has 1 aromatic carbocycles. The summed E-state index contributed by atoms with van der Waals surface area (Å²) in [6.07, 6.45) is 2.40. The van der Waals surface area contributed by atoms with Gasteiger partial charge in [0.2, 0.25) is 0 Å². The van der Waals surface area contributed by atoms with Gasteiger partial charge >= 0.3 is 0 Å². The number of nitrogens with one attached hydrogen (secondary N) is 1. The molecule has 1 fully saturated rings. The minimum atomic E-state index is 0.0549. The molecular formula is C18H30N2. The van der Waals surface area contributed by atoms with Crippen LogP contribution in [0.25, 0.3) is 0 Å². The van der Waals surface area contributed by atoms with Crippen LogP contribution in [0.2, 0.25) is 0 Å². The van der Waals surface area contributed by atoms with Gasteiger partial charge in [-0.25, -0.2) is 0 Å². The summed E-state index contributed by atoms with van der Waals surface area (Å²) in [4.78, 5) is 2.72. The lowest BCUT2D eigenvalue weighted by Crippen LogP contribution is -2.65. The third-order valence-corrected chi connectivity index (χ3v) is 5.18. The highest BCUT2D eigenvalue weighted by Gasteiger charge is 2.41. The molecule has 1 heterocycles. The maximum atomic E-state index is 3.80. The Balaban J connectivity index is 2.28. The van der Waals surface area contributed by atoms with Crippen LogP contribution in [-0.2, 0) is 5.54 Å². The van der Waals surface area contributed by atoms with Crippen molar-refractivity contribution in [2.24, 2.45) is 0 Å². The van der Waals surface area contributed by atoms with Crippen molar-refractivity contribution < 1.29 is 0 Å². The molecular weight excluding hydrogens is 244 g/mol. The molecule has 2 heteroatoms. The summed E-state index contributed by atoms with van der Waals surface area (Å²) in [6, 6.07) is 11.5. The second-order valence-corrected chi connectivity index (χ2v) is 6.93. The van der Waals surface area contributed by atoms with Crippen LogP contribution in [-0.4, -0.2) is 29.6 Å². The van der Waals surface area contributed by atoms with Gasteiger partial charge in [0.05, 0.1) is 5.54 Å². The number of rotatable bonds is 4. The molecule has 2 atom stereocenters. The van der Waals surface area contributed by atoms with Crippen LogP contribution in [0.15, 0.2) is 30.3 Å². The van der Waals surface area contributed by atoms with E-state index in [9.17, 15) is 0 Å². The predicted molar refractivity (Wildman–Crippen MR) is 87.0 cm³/mol.